The van der Waals surface area contributed by atoms with Gasteiger partial charge in [0, 0.05) is 23.2 Å². The van der Waals surface area contributed by atoms with Gasteiger partial charge in [0.05, 0.1) is 5.39 Å². The van der Waals surface area contributed by atoms with Crippen LogP contribution in [0.25, 0.3) is 11.0 Å². The van der Waals surface area contributed by atoms with E-state index in [-0.39, 0.29) is 29.8 Å². The molecule has 0 unspecified atom stereocenters. The number of hydrogen-bond donors (Lipinski definition) is 1. The van der Waals surface area contributed by atoms with E-state index in [1.807, 2.05) is 33.8 Å². The number of rotatable bonds is 5. The Labute approximate surface area is 170 Å². The van der Waals surface area contributed by atoms with Gasteiger partial charge in [0.1, 0.15) is 22.7 Å². The molecule has 1 aliphatic carbocycles. The van der Waals surface area contributed by atoms with Crippen LogP contribution in [0.4, 0.5) is 0 Å². The number of fused-ring (bicyclic) bond motifs is 5. The van der Waals surface area contributed by atoms with E-state index in [1.54, 1.807) is 0 Å². The van der Waals surface area contributed by atoms with Crippen LogP contribution in [0.3, 0.4) is 0 Å². The van der Waals surface area contributed by atoms with Gasteiger partial charge < -0.3 is 19.2 Å². The highest BCUT2D eigenvalue weighted by Gasteiger charge is 2.32. The van der Waals surface area contributed by atoms with Crippen molar-refractivity contribution < 1.29 is 18.7 Å². The van der Waals surface area contributed by atoms with Crippen LogP contribution in [0, 0.1) is 0 Å². The first-order valence-corrected chi connectivity index (χ1v) is 10.5. The second kappa shape index (κ2) is 7.39. The number of hydrogen-bond acceptors (Lipinski definition) is 5. The lowest BCUT2D eigenvalue weighted by Gasteiger charge is -2.33. The number of carbonyl (C=O) groups excluding carboxylic acids is 1. The van der Waals surface area contributed by atoms with Gasteiger partial charge in [0.25, 0.3) is 5.91 Å². The molecule has 0 bridgehead atoms. The van der Waals surface area contributed by atoms with Gasteiger partial charge in [0.15, 0.2) is 6.61 Å². The van der Waals surface area contributed by atoms with Crippen LogP contribution in [-0.2, 0) is 24.1 Å². The highest BCUT2D eigenvalue weighted by molar-refractivity contribution is 5.93. The van der Waals surface area contributed by atoms with Gasteiger partial charge >= 0.3 is 5.63 Å². The molecule has 0 fully saturated rings. The number of aryl methyl sites for hydroxylation is 2. The zero-order chi connectivity index (χ0) is 20.8. The minimum absolute atomic E-state index is 0.0878. The molecule has 0 radical (unpaired) electrons. The molecule has 2 heterocycles. The summed E-state index contributed by atoms with van der Waals surface area (Å²) in [5.74, 6) is 1.06. The van der Waals surface area contributed by atoms with Crippen molar-refractivity contribution >= 4 is 16.9 Å². The van der Waals surface area contributed by atoms with Crippen molar-refractivity contribution in [1.82, 2.24) is 5.32 Å². The Balaban J connectivity index is 1.79. The van der Waals surface area contributed by atoms with E-state index in [0.29, 0.717) is 17.1 Å². The summed E-state index contributed by atoms with van der Waals surface area (Å²) in [6.07, 6.45) is 4.94. The predicted molar refractivity (Wildman–Crippen MR) is 111 cm³/mol. The third-order valence-electron chi connectivity index (χ3n) is 6.01. The Morgan fingerprint density at radius 2 is 2.00 bits per heavy atom. The Kier molecular flexibility index (Phi) is 5.05. The Morgan fingerprint density at radius 1 is 1.24 bits per heavy atom. The van der Waals surface area contributed by atoms with Crippen molar-refractivity contribution in [3.8, 4) is 11.5 Å². The van der Waals surface area contributed by atoms with Crippen molar-refractivity contribution in [2.75, 3.05) is 6.61 Å². The van der Waals surface area contributed by atoms with Crippen LogP contribution in [0.5, 0.6) is 11.5 Å². The van der Waals surface area contributed by atoms with Crippen LogP contribution < -0.4 is 20.4 Å². The number of carbonyl (C=O) groups is 1. The monoisotopic (exact) mass is 399 g/mol. The van der Waals surface area contributed by atoms with Gasteiger partial charge in [0.2, 0.25) is 0 Å². The van der Waals surface area contributed by atoms with Crippen LogP contribution in [0.15, 0.2) is 15.3 Å². The van der Waals surface area contributed by atoms with E-state index in [9.17, 15) is 9.59 Å². The maximum absolute atomic E-state index is 12.6. The average molecular weight is 399 g/mol. The summed E-state index contributed by atoms with van der Waals surface area (Å²) >= 11 is 0. The van der Waals surface area contributed by atoms with Crippen LogP contribution in [-0.4, -0.2) is 24.2 Å². The second-order valence-electron chi connectivity index (χ2n) is 8.78. The number of benzene rings is 1. The molecule has 1 N–H and O–H groups in total. The Morgan fingerprint density at radius 3 is 2.76 bits per heavy atom. The summed E-state index contributed by atoms with van der Waals surface area (Å²) in [6.45, 7) is 7.98. The highest BCUT2D eigenvalue weighted by Crippen LogP contribution is 2.44. The molecule has 156 valence electrons. The number of ether oxygens (including phenoxy) is 2. The van der Waals surface area contributed by atoms with Crippen LogP contribution >= 0.6 is 0 Å². The van der Waals surface area contributed by atoms with Crippen molar-refractivity contribution in [2.45, 2.75) is 77.9 Å². The molecular weight excluding hydrogens is 370 g/mol. The lowest BCUT2D eigenvalue weighted by molar-refractivity contribution is -0.123. The van der Waals surface area contributed by atoms with Gasteiger partial charge in [-0.2, -0.15) is 0 Å². The van der Waals surface area contributed by atoms with Crippen molar-refractivity contribution in [3.05, 3.63) is 33.2 Å². The molecular formula is C23H29NO5. The van der Waals surface area contributed by atoms with Gasteiger partial charge in [-0.3, -0.25) is 4.79 Å². The quantitative estimate of drug-likeness (QED) is 0.776. The molecule has 4 rings (SSSR count). The molecule has 1 amide bonds. The molecule has 1 aliphatic heterocycles. The van der Waals surface area contributed by atoms with E-state index in [1.165, 1.54) is 0 Å². The molecule has 1 atom stereocenters. The molecule has 6 heteroatoms. The molecule has 0 spiro atoms. The fourth-order valence-corrected chi connectivity index (χ4v) is 4.23. The molecule has 6 nitrogen and oxygen atoms in total. The van der Waals surface area contributed by atoms with E-state index in [4.69, 9.17) is 13.9 Å². The zero-order valence-electron chi connectivity index (χ0n) is 17.6. The maximum atomic E-state index is 12.6. The standard InChI is InChI=1S/C23H29NO5/c1-5-13(2)24-19(25)12-27-18-11-17-16(9-10-23(3,4)29-17)21-20(18)14-7-6-8-15(14)22(26)28-21/h11,13H,5-10,12H2,1-4H3,(H,24,25)/t13-/m1/s1. The summed E-state index contributed by atoms with van der Waals surface area (Å²) in [7, 11) is 0. The normalized spacial score (nSPS) is 17.9. The lowest BCUT2D eigenvalue weighted by Crippen LogP contribution is -2.35. The minimum atomic E-state index is -0.303. The molecule has 2 aromatic rings. The fraction of sp³-hybridized carbons (Fsp3) is 0.565. The van der Waals surface area contributed by atoms with Crippen molar-refractivity contribution in [2.24, 2.45) is 0 Å². The number of amides is 1. The van der Waals surface area contributed by atoms with Gasteiger partial charge in [-0.25, -0.2) is 4.79 Å². The molecule has 29 heavy (non-hydrogen) atoms. The maximum Gasteiger partial charge on any atom is 0.339 e. The molecule has 0 saturated heterocycles. The Bertz CT molecular complexity index is 1020. The van der Waals surface area contributed by atoms with E-state index >= 15 is 0 Å². The molecule has 0 saturated carbocycles. The van der Waals surface area contributed by atoms with Gasteiger partial charge in [-0.05, 0) is 64.9 Å². The predicted octanol–water partition coefficient (Wildman–Crippen LogP) is 3.68. The number of nitrogens with one attached hydrogen (secondary N) is 1. The smallest absolute Gasteiger partial charge is 0.339 e. The van der Waals surface area contributed by atoms with Crippen LogP contribution in [0.1, 0.15) is 63.6 Å². The van der Waals surface area contributed by atoms with Crippen molar-refractivity contribution in [1.29, 1.82) is 0 Å². The first kappa shape index (κ1) is 19.8. The van der Waals surface area contributed by atoms with Crippen LogP contribution in [0.2, 0.25) is 0 Å². The first-order chi connectivity index (χ1) is 13.8. The third kappa shape index (κ3) is 3.72. The fourth-order valence-electron chi connectivity index (χ4n) is 4.23. The van der Waals surface area contributed by atoms with E-state index in [0.717, 1.165) is 60.6 Å². The summed E-state index contributed by atoms with van der Waals surface area (Å²) in [5.41, 5.74) is 2.65. The average Bonchev–Trinajstić information content (AvgIpc) is 3.15. The van der Waals surface area contributed by atoms with Crippen molar-refractivity contribution in [3.63, 3.8) is 0 Å². The Hall–Kier alpha value is -2.50. The zero-order valence-corrected chi connectivity index (χ0v) is 17.6. The second-order valence-corrected chi connectivity index (χ2v) is 8.78. The highest BCUT2D eigenvalue weighted by atomic mass is 16.5. The largest absolute Gasteiger partial charge is 0.487 e. The summed E-state index contributed by atoms with van der Waals surface area (Å²) < 4.78 is 17.9. The lowest BCUT2D eigenvalue weighted by atomic mass is 9.91. The molecule has 2 aliphatic rings. The van der Waals surface area contributed by atoms with E-state index in [2.05, 4.69) is 5.32 Å². The van der Waals surface area contributed by atoms with Gasteiger partial charge in [-0.1, -0.05) is 6.92 Å². The molecule has 1 aromatic carbocycles. The topological polar surface area (TPSA) is 77.8 Å². The minimum Gasteiger partial charge on any atom is -0.487 e. The SMILES string of the molecule is CC[C@@H](C)NC(=O)COc1cc2c(c3oc(=O)c4c(c13)CCC4)CCC(C)(C)O2. The van der Waals surface area contributed by atoms with Gasteiger partial charge in [-0.15, -0.1) is 0 Å². The first-order valence-electron chi connectivity index (χ1n) is 10.5. The summed E-state index contributed by atoms with van der Waals surface area (Å²) in [4.78, 5) is 24.8. The molecule has 1 aromatic heterocycles. The van der Waals surface area contributed by atoms with E-state index < -0.39 is 0 Å². The summed E-state index contributed by atoms with van der Waals surface area (Å²) in [6, 6.07) is 1.96. The third-order valence-corrected chi connectivity index (χ3v) is 6.01. The summed E-state index contributed by atoms with van der Waals surface area (Å²) in [5, 5.41) is 3.75.